The van der Waals surface area contributed by atoms with Crippen molar-refractivity contribution in [2.75, 3.05) is 31.3 Å². The first kappa shape index (κ1) is 22.6. The highest BCUT2D eigenvalue weighted by atomic mass is 32.2. The maximum atomic E-state index is 13.6. The molecular weight excluding hydrogens is 430 g/mol. The Balaban J connectivity index is 1.53. The number of hydrogen-bond acceptors (Lipinski definition) is 7. The van der Waals surface area contributed by atoms with Gasteiger partial charge in [-0.15, -0.1) is 0 Å². The van der Waals surface area contributed by atoms with Gasteiger partial charge in [0.2, 0.25) is 0 Å². The molecule has 32 heavy (non-hydrogen) atoms. The number of amides is 1. The van der Waals surface area contributed by atoms with Gasteiger partial charge in [-0.05, 0) is 37.6 Å². The maximum Gasteiger partial charge on any atom is 0.254 e. The SMILES string of the molecule is CC1(C)OC[C@H](c2ccccc2C(=O)N2CCSC[C@H]2COc2cccc(O)c2C=O)O1. The summed E-state index contributed by atoms with van der Waals surface area (Å²) in [5.41, 5.74) is 1.53. The average molecular weight is 458 g/mol. The van der Waals surface area contributed by atoms with Crippen molar-refractivity contribution in [2.24, 2.45) is 0 Å². The molecule has 4 rings (SSSR count). The monoisotopic (exact) mass is 457 g/mol. The largest absolute Gasteiger partial charge is 0.507 e. The van der Waals surface area contributed by atoms with Crippen LogP contribution in [-0.4, -0.2) is 65.3 Å². The molecule has 2 aromatic carbocycles. The number of benzene rings is 2. The van der Waals surface area contributed by atoms with Gasteiger partial charge in [-0.2, -0.15) is 11.8 Å². The third kappa shape index (κ3) is 4.77. The summed E-state index contributed by atoms with van der Waals surface area (Å²) in [6.07, 6.45) is 0.270. The minimum absolute atomic E-state index is 0.0747. The van der Waals surface area contributed by atoms with Crippen molar-refractivity contribution in [3.8, 4) is 11.5 Å². The van der Waals surface area contributed by atoms with Gasteiger partial charge in [0.15, 0.2) is 12.1 Å². The fourth-order valence-corrected chi connectivity index (χ4v) is 5.03. The summed E-state index contributed by atoms with van der Waals surface area (Å²) in [6, 6.07) is 12.0. The molecule has 0 aromatic heterocycles. The Morgan fingerprint density at radius 3 is 2.84 bits per heavy atom. The lowest BCUT2D eigenvalue weighted by Gasteiger charge is -2.36. The zero-order chi connectivity index (χ0) is 22.7. The van der Waals surface area contributed by atoms with Gasteiger partial charge >= 0.3 is 0 Å². The van der Waals surface area contributed by atoms with Crippen molar-refractivity contribution in [3.63, 3.8) is 0 Å². The van der Waals surface area contributed by atoms with E-state index < -0.39 is 5.79 Å². The van der Waals surface area contributed by atoms with Gasteiger partial charge in [-0.3, -0.25) is 9.59 Å². The van der Waals surface area contributed by atoms with Gasteiger partial charge < -0.3 is 24.2 Å². The highest BCUT2D eigenvalue weighted by Gasteiger charge is 2.37. The number of hydrogen-bond donors (Lipinski definition) is 1. The number of thioether (sulfide) groups is 1. The van der Waals surface area contributed by atoms with Gasteiger partial charge in [0.05, 0.1) is 18.2 Å². The van der Waals surface area contributed by atoms with Crippen molar-refractivity contribution < 1.29 is 28.9 Å². The second-order valence-electron chi connectivity index (χ2n) is 8.25. The summed E-state index contributed by atoms with van der Waals surface area (Å²) in [7, 11) is 0. The van der Waals surface area contributed by atoms with Crippen molar-refractivity contribution >= 4 is 24.0 Å². The minimum Gasteiger partial charge on any atom is -0.507 e. The number of aldehydes is 1. The normalized spacial score (nSPS) is 22.5. The molecule has 2 aromatic rings. The Morgan fingerprint density at radius 2 is 2.09 bits per heavy atom. The van der Waals surface area contributed by atoms with Crippen LogP contribution in [0.5, 0.6) is 11.5 Å². The number of carbonyl (C=O) groups excluding carboxylic acids is 2. The quantitative estimate of drug-likeness (QED) is 0.663. The third-order valence-electron chi connectivity index (χ3n) is 5.63. The predicted molar refractivity (Wildman–Crippen MR) is 121 cm³/mol. The van der Waals surface area contributed by atoms with Gasteiger partial charge in [0, 0.05) is 23.6 Å². The van der Waals surface area contributed by atoms with Crippen LogP contribution in [0.15, 0.2) is 42.5 Å². The van der Waals surface area contributed by atoms with Crippen molar-refractivity contribution in [3.05, 3.63) is 59.2 Å². The van der Waals surface area contributed by atoms with Gasteiger partial charge in [-0.1, -0.05) is 24.3 Å². The Labute approximate surface area is 191 Å². The molecule has 0 unspecified atom stereocenters. The van der Waals surface area contributed by atoms with Crippen LogP contribution in [-0.2, 0) is 9.47 Å². The van der Waals surface area contributed by atoms with E-state index >= 15 is 0 Å². The zero-order valence-corrected chi connectivity index (χ0v) is 19.0. The number of rotatable bonds is 6. The van der Waals surface area contributed by atoms with Crippen LogP contribution in [0.4, 0.5) is 0 Å². The molecule has 1 amide bonds. The number of ether oxygens (including phenoxy) is 3. The molecule has 170 valence electrons. The predicted octanol–water partition coefficient (Wildman–Crippen LogP) is 3.67. The molecule has 2 saturated heterocycles. The van der Waals surface area contributed by atoms with Crippen LogP contribution in [0.1, 0.15) is 46.2 Å². The molecule has 2 heterocycles. The van der Waals surface area contributed by atoms with Crippen molar-refractivity contribution in [1.82, 2.24) is 4.90 Å². The maximum absolute atomic E-state index is 13.6. The fourth-order valence-electron chi connectivity index (χ4n) is 3.99. The molecule has 8 heteroatoms. The molecule has 2 aliphatic rings. The lowest BCUT2D eigenvalue weighted by Crippen LogP contribution is -2.49. The van der Waals surface area contributed by atoms with Crippen LogP contribution in [0.25, 0.3) is 0 Å². The number of aromatic hydroxyl groups is 1. The fraction of sp³-hybridized carbons (Fsp3) is 0.417. The van der Waals surface area contributed by atoms with Gasteiger partial charge in [0.1, 0.15) is 24.2 Å². The smallest absolute Gasteiger partial charge is 0.254 e. The Bertz CT molecular complexity index is 994. The van der Waals surface area contributed by atoms with Crippen LogP contribution < -0.4 is 4.74 Å². The van der Waals surface area contributed by atoms with Gasteiger partial charge in [0.25, 0.3) is 5.91 Å². The number of phenols is 1. The number of phenolic OH excluding ortho intramolecular Hbond substituents is 1. The summed E-state index contributed by atoms with van der Waals surface area (Å²) in [5, 5.41) is 9.89. The molecule has 2 aliphatic heterocycles. The highest BCUT2D eigenvalue weighted by Crippen LogP contribution is 2.35. The lowest BCUT2D eigenvalue weighted by atomic mass is 10.0. The molecule has 0 saturated carbocycles. The summed E-state index contributed by atoms with van der Waals surface area (Å²) >= 11 is 1.76. The third-order valence-corrected chi connectivity index (χ3v) is 6.72. The summed E-state index contributed by atoms with van der Waals surface area (Å²) in [4.78, 5) is 26.8. The first-order valence-corrected chi connectivity index (χ1v) is 11.7. The topological polar surface area (TPSA) is 85.3 Å². The van der Waals surface area contributed by atoms with Crippen LogP contribution >= 0.6 is 11.8 Å². The molecule has 0 bridgehead atoms. The molecule has 0 aliphatic carbocycles. The minimum atomic E-state index is -0.684. The first-order valence-electron chi connectivity index (χ1n) is 10.6. The summed E-state index contributed by atoms with van der Waals surface area (Å²) < 4.78 is 17.6. The van der Waals surface area contributed by atoms with E-state index in [-0.39, 0.29) is 36.0 Å². The van der Waals surface area contributed by atoms with E-state index in [1.807, 2.05) is 43.0 Å². The molecule has 7 nitrogen and oxygen atoms in total. The van der Waals surface area contributed by atoms with Crippen molar-refractivity contribution in [1.29, 1.82) is 0 Å². The first-order chi connectivity index (χ1) is 15.4. The molecule has 2 atom stereocenters. The zero-order valence-electron chi connectivity index (χ0n) is 18.2. The standard InChI is InChI=1S/C24H27NO6S/c1-24(2)30-14-22(31-24)17-6-3-4-7-18(17)23(28)25-10-11-32-15-16(25)13-29-21-9-5-8-20(27)19(21)12-26/h3-9,12,16,22,27H,10-11,13-15H2,1-2H3/t16-,22-/m1/s1. The van der Waals surface area contributed by atoms with E-state index in [0.29, 0.717) is 30.8 Å². The highest BCUT2D eigenvalue weighted by molar-refractivity contribution is 7.99. The van der Waals surface area contributed by atoms with Gasteiger partial charge in [-0.25, -0.2) is 0 Å². The second kappa shape index (κ2) is 9.52. The van der Waals surface area contributed by atoms with E-state index in [0.717, 1.165) is 17.1 Å². The summed E-state index contributed by atoms with van der Waals surface area (Å²) in [5.74, 6) is 0.984. The average Bonchev–Trinajstić information content (AvgIpc) is 3.17. The second-order valence-corrected chi connectivity index (χ2v) is 9.40. The molecule has 1 N–H and O–H groups in total. The van der Waals surface area contributed by atoms with E-state index in [2.05, 4.69) is 0 Å². The Hall–Kier alpha value is -2.55. The Morgan fingerprint density at radius 1 is 1.28 bits per heavy atom. The lowest BCUT2D eigenvalue weighted by molar-refractivity contribution is -0.139. The molecule has 0 spiro atoms. The van der Waals surface area contributed by atoms with E-state index in [1.54, 1.807) is 23.9 Å². The van der Waals surface area contributed by atoms with E-state index in [9.17, 15) is 14.7 Å². The number of nitrogens with zero attached hydrogens (tertiary/aromatic N) is 1. The van der Waals surface area contributed by atoms with Crippen LogP contribution in [0, 0.1) is 0 Å². The summed E-state index contributed by atoms with van der Waals surface area (Å²) in [6.45, 7) is 4.94. The van der Waals surface area contributed by atoms with Crippen LogP contribution in [0.3, 0.4) is 0 Å². The molecular formula is C24H27NO6S. The van der Waals surface area contributed by atoms with E-state index in [1.165, 1.54) is 6.07 Å². The van der Waals surface area contributed by atoms with Crippen LogP contribution in [0.2, 0.25) is 0 Å². The van der Waals surface area contributed by atoms with Crippen molar-refractivity contribution in [2.45, 2.75) is 31.8 Å². The molecule has 2 fully saturated rings. The Kier molecular flexibility index (Phi) is 6.74. The van der Waals surface area contributed by atoms with E-state index in [4.69, 9.17) is 14.2 Å². The number of carbonyl (C=O) groups is 2. The molecule has 0 radical (unpaired) electrons.